The van der Waals surface area contributed by atoms with E-state index in [0.717, 1.165) is 25.4 Å². The molecule has 0 bridgehead atoms. The summed E-state index contributed by atoms with van der Waals surface area (Å²) in [6.07, 6.45) is 7.11. The predicted octanol–water partition coefficient (Wildman–Crippen LogP) is 2.50. The highest BCUT2D eigenvalue weighted by Crippen LogP contribution is 2.07. The van der Waals surface area contributed by atoms with Gasteiger partial charge in [0, 0.05) is 19.3 Å². The molecule has 0 spiro atoms. The monoisotopic (exact) mass is 168 g/mol. The van der Waals surface area contributed by atoms with Gasteiger partial charge in [-0.15, -0.1) is 0 Å². The summed E-state index contributed by atoms with van der Waals surface area (Å²) in [5.74, 6) is 0.801. The van der Waals surface area contributed by atoms with Crippen LogP contribution in [0, 0.1) is 5.92 Å². The Labute approximate surface area is 75.6 Å². The van der Waals surface area contributed by atoms with Crippen molar-refractivity contribution >= 4 is 6.21 Å². The molecular formula is C10H20N2. The largest absolute Gasteiger partial charge is 0.297 e. The number of rotatable bonds is 4. The quantitative estimate of drug-likeness (QED) is 0.589. The Hall–Kier alpha value is -0.530. The molecule has 1 heterocycles. The van der Waals surface area contributed by atoms with Crippen molar-refractivity contribution in [3.05, 3.63) is 0 Å². The normalized spacial score (nSPS) is 18.4. The van der Waals surface area contributed by atoms with Gasteiger partial charge in [-0.25, -0.2) is 0 Å². The Balaban J connectivity index is 2.04. The van der Waals surface area contributed by atoms with Crippen LogP contribution in [-0.4, -0.2) is 24.3 Å². The molecule has 0 atom stereocenters. The van der Waals surface area contributed by atoms with Gasteiger partial charge in [-0.05, 0) is 31.6 Å². The van der Waals surface area contributed by atoms with Crippen molar-refractivity contribution in [2.24, 2.45) is 11.0 Å². The van der Waals surface area contributed by atoms with Crippen molar-refractivity contribution < 1.29 is 0 Å². The Morgan fingerprint density at radius 3 is 2.58 bits per heavy atom. The molecule has 1 rings (SSSR count). The Bertz CT molecular complexity index is 135. The molecule has 0 aromatic rings. The predicted molar refractivity (Wildman–Crippen MR) is 53.4 cm³/mol. The third-order valence-electron chi connectivity index (χ3n) is 2.20. The van der Waals surface area contributed by atoms with Crippen LogP contribution in [0.25, 0.3) is 0 Å². The third kappa shape index (κ3) is 3.74. The molecule has 1 saturated heterocycles. The average molecular weight is 168 g/mol. The maximum absolute atomic E-state index is 4.40. The third-order valence-corrected chi connectivity index (χ3v) is 2.20. The molecule has 0 amide bonds. The fourth-order valence-corrected chi connectivity index (χ4v) is 1.40. The highest BCUT2D eigenvalue weighted by atomic mass is 15.5. The highest BCUT2D eigenvalue weighted by molar-refractivity contribution is 5.56. The summed E-state index contributed by atoms with van der Waals surface area (Å²) in [6, 6.07) is 0. The van der Waals surface area contributed by atoms with E-state index in [-0.39, 0.29) is 0 Å². The highest BCUT2D eigenvalue weighted by Gasteiger charge is 2.06. The summed E-state index contributed by atoms with van der Waals surface area (Å²) in [7, 11) is 0. The summed E-state index contributed by atoms with van der Waals surface area (Å²) in [4.78, 5) is 0. The van der Waals surface area contributed by atoms with Gasteiger partial charge in [0.15, 0.2) is 0 Å². The van der Waals surface area contributed by atoms with E-state index in [4.69, 9.17) is 0 Å². The molecule has 12 heavy (non-hydrogen) atoms. The van der Waals surface area contributed by atoms with Crippen LogP contribution in [-0.2, 0) is 0 Å². The van der Waals surface area contributed by atoms with Crippen molar-refractivity contribution in [1.82, 2.24) is 5.01 Å². The topological polar surface area (TPSA) is 15.6 Å². The summed E-state index contributed by atoms with van der Waals surface area (Å²) in [6.45, 7) is 6.84. The molecule has 70 valence electrons. The van der Waals surface area contributed by atoms with E-state index in [1.807, 2.05) is 0 Å². The van der Waals surface area contributed by atoms with Gasteiger partial charge in [0.2, 0.25) is 0 Å². The first-order chi connectivity index (χ1) is 5.79. The van der Waals surface area contributed by atoms with E-state index in [1.54, 1.807) is 0 Å². The van der Waals surface area contributed by atoms with Gasteiger partial charge in [0.25, 0.3) is 0 Å². The Morgan fingerprint density at radius 1 is 1.33 bits per heavy atom. The Kier molecular flexibility index (Phi) is 4.12. The molecule has 0 N–H and O–H groups in total. The molecule has 1 fully saturated rings. The molecule has 2 heteroatoms. The molecule has 1 aliphatic heterocycles. The lowest BCUT2D eigenvalue weighted by molar-refractivity contribution is 0.361. The first-order valence-corrected chi connectivity index (χ1v) is 5.06. The van der Waals surface area contributed by atoms with Crippen molar-refractivity contribution in [2.75, 3.05) is 13.1 Å². The van der Waals surface area contributed by atoms with E-state index < -0.39 is 0 Å². The summed E-state index contributed by atoms with van der Waals surface area (Å²) in [5.41, 5.74) is 0. The van der Waals surface area contributed by atoms with Crippen molar-refractivity contribution in [3.63, 3.8) is 0 Å². The zero-order valence-corrected chi connectivity index (χ0v) is 8.29. The van der Waals surface area contributed by atoms with E-state index in [9.17, 15) is 0 Å². The first kappa shape index (κ1) is 9.56. The van der Waals surface area contributed by atoms with Crippen LogP contribution < -0.4 is 0 Å². The lowest BCUT2D eigenvalue weighted by atomic mass is 10.1. The van der Waals surface area contributed by atoms with Gasteiger partial charge in [0.05, 0.1) is 0 Å². The maximum Gasteiger partial charge on any atom is 0.0360 e. The smallest absolute Gasteiger partial charge is 0.0360 e. The minimum Gasteiger partial charge on any atom is -0.297 e. The number of hydrazone groups is 1. The van der Waals surface area contributed by atoms with E-state index in [1.165, 1.54) is 19.3 Å². The van der Waals surface area contributed by atoms with E-state index in [0.29, 0.717) is 0 Å². The second kappa shape index (κ2) is 5.18. The van der Waals surface area contributed by atoms with Crippen LogP contribution in [0.4, 0.5) is 0 Å². The second-order valence-corrected chi connectivity index (χ2v) is 3.93. The average Bonchev–Trinajstić information content (AvgIpc) is 2.49. The van der Waals surface area contributed by atoms with Crippen molar-refractivity contribution in [1.29, 1.82) is 0 Å². The van der Waals surface area contributed by atoms with E-state index >= 15 is 0 Å². The molecule has 0 saturated carbocycles. The first-order valence-electron chi connectivity index (χ1n) is 5.06. The van der Waals surface area contributed by atoms with Gasteiger partial charge in [0.1, 0.15) is 0 Å². The standard InChI is InChI=1S/C10H20N2/c1-10(2)6-5-7-11-12-8-3-4-9-12/h7,10H,3-6,8-9H2,1-2H3/b11-7+. The van der Waals surface area contributed by atoms with Crippen molar-refractivity contribution in [2.45, 2.75) is 39.5 Å². The maximum atomic E-state index is 4.40. The second-order valence-electron chi connectivity index (χ2n) is 3.93. The zero-order chi connectivity index (χ0) is 8.81. The van der Waals surface area contributed by atoms with Gasteiger partial charge in [-0.3, -0.25) is 5.01 Å². The van der Waals surface area contributed by atoms with Crippen LogP contribution in [0.2, 0.25) is 0 Å². The lowest BCUT2D eigenvalue weighted by Gasteiger charge is -2.08. The van der Waals surface area contributed by atoms with Crippen molar-refractivity contribution in [3.8, 4) is 0 Å². The summed E-state index contributed by atoms with van der Waals surface area (Å²) < 4.78 is 0. The fourth-order valence-electron chi connectivity index (χ4n) is 1.40. The molecule has 0 aromatic carbocycles. The van der Waals surface area contributed by atoms with Gasteiger partial charge >= 0.3 is 0 Å². The lowest BCUT2D eigenvalue weighted by Crippen LogP contribution is -2.11. The molecule has 2 nitrogen and oxygen atoms in total. The summed E-state index contributed by atoms with van der Waals surface area (Å²) >= 11 is 0. The molecule has 0 unspecified atom stereocenters. The SMILES string of the molecule is CC(C)CC/C=N/N1CCCC1. The van der Waals surface area contributed by atoms with Crippen LogP contribution in [0.1, 0.15) is 39.5 Å². The van der Waals surface area contributed by atoms with Crippen LogP contribution in [0.15, 0.2) is 5.10 Å². The summed E-state index contributed by atoms with van der Waals surface area (Å²) in [5, 5.41) is 6.58. The van der Waals surface area contributed by atoms with Crippen LogP contribution >= 0.6 is 0 Å². The molecule has 1 aliphatic rings. The molecule has 0 aliphatic carbocycles. The minimum atomic E-state index is 0.801. The zero-order valence-electron chi connectivity index (χ0n) is 8.29. The fraction of sp³-hybridized carbons (Fsp3) is 0.900. The molecule has 0 aromatic heterocycles. The molecular weight excluding hydrogens is 148 g/mol. The number of hydrogen-bond donors (Lipinski definition) is 0. The molecule has 0 radical (unpaired) electrons. The van der Waals surface area contributed by atoms with Gasteiger partial charge in [-0.2, -0.15) is 5.10 Å². The number of nitrogens with zero attached hydrogens (tertiary/aromatic N) is 2. The van der Waals surface area contributed by atoms with Gasteiger partial charge < -0.3 is 0 Å². The number of hydrogen-bond acceptors (Lipinski definition) is 2. The Morgan fingerprint density at radius 2 is 2.00 bits per heavy atom. The van der Waals surface area contributed by atoms with Crippen LogP contribution in [0.5, 0.6) is 0 Å². The van der Waals surface area contributed by atoms with Crippen LogP contribution in [0.3, 0.4) is 0 Å². The van der Waals surface area contributed by atoms with E-state index in [2.05, 4.69) is 30.2 Å². The minimum absolute atomic E-state index is 0.801. The van der Waals surface area contributed by atoms with Gasteiger partial charge in [-0.1, -0.05) is 13.8 Å².